The second-order valence-corrected chi connectivity index (χ2v) is 7.46. The standard InChI is InChI=1S/C18H25N3S/c1-4-14-8-12(2)9-15(10-14)17-16(22-18(19)20-17)11-21-7-5-6-13(21)3/h8-10,13H,4-7,11H2,1-3H3,(H2,19,20)/t13-/m1/s1. The molecule has 2 aromatic rings. The molecule has 1 aromatic heterocycles. The number of aryl methyl sites for hydroxylation is 2. The van der Waals surface area contributed by atoms with Gasteiger partial charge in [-0.25, -0.2) is 4.98 Å². The van der Waals surface area contributed by atoms with Crippen LogP contribution in [0.5, 0.6) is 0 Å². The van der Waals surface area contributed by atoms with E-state index in [1.54, 1.807) is 11.3 Å². The molecule has 118 valence electrons. The Morgan fingerprint density at radius 1 is 1.36 bits per heavy atom. The topological polar surface area (TPSA) is 42.1 Å². The van der Waals surface area contributed by atoms with Gasteiger partial charge in [-0.1, -0.05) is 18.6 Å². The zero-order chi connectivity index (χ0) is 15.7. The molecule has 0 radical (unpaired) electrons. The minimum Gasteiger partial charge on any atom is -0.375 e. The molecule has 0 amide bonds. The molecule has 0 spiro atoms. The maximum atomic E-state index is 6.02. The Labute approximate surface area is 137 Å². The van der Waals surface area contributed by atoms with Gasteiger partial charge in [0.15, 0.2) is 5.13 Å². The highest BCUT2D eigenvalue weighted by atomic mass is 32.1. The number of anilines is 1. The third-order valence-electron chi connectivity index (χ3n) is 4.57. The van der Waals surface area contributed by atoms with Gasteiger partial charge in [0.05, 0.1) is 5.69 Å². The molecule has 3 nitrogen and oxygen atoms in total. The van der Waals surface area contributed by atoms with Crippen LogP contribution in [0.25, 0.3) is 11.3 Å². The van der Waals surface area contributed by atoms with Gasteiger partial charge in [-0.2, -0.15) is 0 Å². The Morgan fingerprint density at radius 3 is 2.86 bits per heavy atom. The lowest BCUT2D eigenvalue weighted by molar-refractivity contribution is 0.263. The average molecular weight is 315 g/mol. The lowest BCUT2D eigenvalue weighted by Crippen LogP contribution is -2.25. The first-order chi connectivity index (χ1) is 10.6. The first kappa shape index (κ1) is 15.5. The fourth-order valence-electron chi connectivity index (χ4n) is 3.32. The molecule has 0 saturated carbocycles. The Hall–Kier alpha value is -1.39. The maximum absolute atomic E-state index is 6.02. The molecule has 1 atom stereocenters. The highest BCUT2D eigenvalue weighted by molar-refractivity contribution is 7.15. The fraction of sp³-hybridized carbons (Fsp3) is 0.500. The monoisotopic (exact) mass is 315 g/mol. The van der Waals surface area contributed by atoms with Gasteiger partial charge in [0.2, 0.25) is 0 Å². The van der Waals surface area contributed by atoms with Gasteiger partial charge >= 0.3 is 0 Å². The molecule has 2 N–H and O–H groups in total. The van der Waals surface area contributed by atoms with Crippen molar-refractivity contribution in [1.82, 2.24) is 9.88 Å². The first-order valence-corrected chi connectivity index (χ1v) is 8.98. The van der Waals surface area contributed by atoms with E-state index in [0.29, 0.717) is 11.2 Å². The molecule has 4 heteroatoms. The highest BCUT2D eigenvalue weighted by Gasteiger charge is 2.23. The molecule has 2 heterocycles. The second kappa shape index (κ2) is 6.39. The van der Waals surface area contributed by atoms with Crippen molar-refractivity contribution in [2.75, 3.05) is 12.3 Å². The molecule has 1 aliphatic heterocycles. The van der Waals surface area contributed by atoms with Crippen molar-refractivity contribution in [3.8, 4) is 11.3 Å². The molecule has 0 aliphatic carbocycles. The van der Waals surface area contributed by atoms with E-state index in [0.717, 1.165) is 18.7 Å². The minimum atomic E-state index is 0.667. The van der Waals surface area contributed by atoms with E-state index in [-0.39, 0.29) is 0 Å². The van der Waals surface area contributed by atoms with Crippen LogP contribution in [0.2, 0.25) is 0 Å². The molecular weight excluding hydrogens is 290 g/mol. The summed E-state index contributed by atoms with van der Waals surface area (Å²) in [6, 6.07) is 7.41. The lowest BCUT2D eigenvalue weighted by Gasteiger charge is -2.20. The number of nitrogen functional groups attached to an aromatic ring is 1. The summed E-state index contributed by atoms with van der Waals surface area (Å²) in [6.07, 6.45) is 3.65. The SMILES string of the molecule is CCc1cc(C)cc(-c2nc(N)sc2CN2CCC[C@H]2C)c1. The van der Waals surface area contributed by atoms with Crippen LogP contribution in [0.4, 0.5) is 5.13 Å². The number of benzene rings is 1. The van der Waals surface area contributed by atoms with Gasteiger partial charge in [-0.05, 0) is 57.4 Å². The summed E-state index contributed by atoms with van der Waals surface area (Å²) in [7, 11) is 0. The predicted molar refractivity (Wildman–Crippen MR) is 95.2 cm³/mol. The van der Waals surface area contributed by atoms with E-state index < -0.39 is 0 Å². The van der Waals surface area contributed by atoms with E-state index in [9.17, 15) is 0 Å². The third-order valence-corrected chi connectivity index (χ3v) is 5.44. The van der Waals surface area contributed by atoms with E-state index >= 15 is 0 Å². The van der Waals surface area contributed by atoms with Gasteiger partial charge < -0.3 is 5.73 Å². The molecule has 1 fully saturated rings. The van der Waals surface area contributed by atoms with Crippen LogP contribution in [0.15, 0.2) is 18.2 Å². The molecule has 0 unspecified atom stereocenters. The van der Waals surface area contributed by atoms with Crippen molar-refractivity contribution in [3.63, 3.8) is 0 Å². The summed E-state index contributed by atoms with van der Waals surface area (Å²) in [5.74, 6) is 0. The smallest absolute Gasteiger partial charge is 0.180 e. The number of nitrogens with zero attached hydrogens (tertiary/aromatic N) is 2. The van der Waals surface area contributed by atoms with Crippen molar-refractivity contribution in [1.29, 1.82) is 0 Å². The van der Waals surface area contributed by atoms with Crippen molar-refractivity contribution in [3.05, 3.63) is 34.2 Å². The molecule has 1 aromatic carbocycles. The second-order valence-electron chi connectivity index (χ2n) is 6.35. The predicted octanol–water partition coefficient (Wildman–Crippen LogP) is 4.25. The van der Waals surface area contributed by atoms with Crippen molar-refractivity contribution >= 4 is 16.5 Å². The average Bonchev–Trinajstić information content (AvgIpc) is 3.05. The Balaban J connectivity index is 1.95. The number of hydrogen-bond acceptors (Lipinski definition) is 4. The summed E-state index contributed by atoms with van der Waals surface area (Å²) in [4.78, 5) is 8.49. The molecule has 3 rings (SSSR count). The number of aromatic nitrogens is 1. The summed E-state index contributed by atoms with van der Waals surface area (Å²) in [5, 5.41) is 0.677. The van der Waals surface area contributed by atoms with Crippen molar-refractivity contribution < 1.29 is 0 Å². The van der Waals surface area contributed by atoms with Gasteiger partial charge in [0, 0.05) is 23.0 Å². The molecule has 22 heavy (non-hydrogen) atoms. The van der Waals surface area contributed by atoms with E-state index in [1.807, 2.05) is 0 Å². The van der Waals surface area contributed by atoms with E-state index in [4.69, 9.17) is 5.73 Å². The van der Waals surface area contributed by atoms with Gasteiger partial charge in [0.1, 0.15) is 0 Å². The zero-order valence-corrected chi connectivity index (χ0v) is 14.5. The number of rotatable bonds is 4. The van der Waals surface area contributed by atoms with Gasteiger partial charge in [-0.3, -0.25) is 4.90 Å². The van der Waals surface area contributed by atoms with Gasteiger partial charge in [-0.15, -0.1) is 11.3 Å². The van der Waals surface area contributed by atoms with Crippen molar-refractivity contribution in [2.24, 2.45) is 0 Å². The summed E-state index contributed by atoms with van der Waals surface area (Å²) < 4.78 is 0. The van der Waals surface area contributed by atoms with Gasteiger partial charge in [0.25, 0.3) is 0 Å². The molecule has 0 bridgehead atoms. The summed E-state index contributed by atoms with van der Waals surface area (Å²) in [5.41, 5.74) is 11.0. The Morgan fingerprint density at radius 2 is 2.18 bits per heavy atom. The number of thiazole rings is 1. The van der Waals surface area contributed by atoms with E-state index in [1.165, 1.54) is 41.0 Å². The molecule has 1 saturated heterocycles. The fourth-order valence-corrected chi connectivity index (χ4v) is 4.20. The number of nitrogens with two attached hydrogens (primary N) is 1. The van der Waals surface area contributed by atoms with Crippen LogP contribution in [0, 0.1) is 6.92 Å². The Bertz CT molecular complexity index is 662. The van der Waals surface area contributed by atoms with Crippen molar-refractivity contribution in [2.45, 2.75) is 52.6 Å². The zero-order valence-electron chi connectivity index (χ0n) is 13.7. The third kappa shape index (κ3) is 3.18. The molecule has 1 aliphatic rings. The van der Waals surface area contributed by atoms with Crippen LogP contribution in [0.1, 0.15) is 42.7 Å². The largest absolute Gasteiger partial charge is 0.375 e. The van der Waals surface area contributed by atoms with Crippen LogP contribution in [-0.4, -0.2) is 22.5 Å². The number of hydrogen-bond donors (Lipinski definition) is 1. The normalized spacial score (nSPS) is 19.0. The minimum absolute atomic E-state index is 0.667. The number of likely N-dealkylation sites (tertiary alicyclic amines) is 1. The Kier molecular flexibility index (Phi) is 4.50. The van der Waals surface area contributed by atoms with Crippen LogP contribution < -0.4 is 5.73 Å². The van der Waals surface area contributed by atoms with Crippen LogP contribution in [-0.2, 0) is 13.0 Å². The van der Waals surface area contributed by atoms with E-state index in [2.05, 4.69) is 48.9 Å². The lowest BCUT2D eigenvalue weighted by atomic mass is 10.0. The quantitative estimate of drug-likeness (QED) is 0.917. The first-order valence-electron chi connectivity index (χ1n) is 8.17. The summed E-state index contributed by atoms with van der Waals surface area (Å²) >= 11 is 1.64. The molecular formula is C18H25N3S. The van der Waals surface area contributed by atoms with Crippen LogP contribution in [0.3, 0.4) is 0 Å². The maximum Gasteiger partial charge on any atom is 0.180 e. The van der Waals surface area contributed by atoms with Crippen LogP contribution >= 0.6 is 11.3 Å². The summed E-state index contributed by atoms with van der Waals surface area (Å²) in [6.45, 7) is 8.83. The highest BCUT2D eigenvalue weighted by Crippen LogP contribution is 2.33.